The summed E-state index contributed by atoms with van der Waals surface area (Å²) in [5.41, 5.74) is 0.668. The number of rotatable bonds is 11. The van der Waals surface area contributed by atoms with Crippen molar-refractivity contribution in [3.8, 4) is 0 Å². The second-order valence-electron chi connectivity index (χ2n) is 10.4. The van der Waals surface area contributed by atoms with Crippen LogP contribution >= 0.6 is 0 Å². The Morgan fingerprint density at radius 1 is 0.871 bits per heavy atom. The van der Waals surface area contributed by atoms with Gasteiger partial charge in [-0.05, 0) is 0 Å². The van der Waals surface area contributed by atoms with Gasteiger partial charge < -0.3 is 0 Å². The van der Waals surface area contributed by atoms with E-state index in [1.165, 1.54) is 62.6 Å². The van der Waals surface area contributed by atoms with Crippen LogP contribution in [-0.2, 0) is 4.79 Å². The summed E-state index contributed by atoms with van der Waals surface area (Å²) < 4.78 is 6.09. The van der Waals surface area contributed by atoms with Crippen molar-refractivity contribution < 1.29 is 4.79 Å². The summed E-state index contributed by atoms with van der Waals surface area (Å²) in [5.74, 6) is 0.170. The average Bonchev–Trinajstić information content (AvgIpc) is 2.76. The van der Waals surface area contributed by atoms with Gasteiger partial charge in [0.15, 0.2) is 0 Å². The van der Waals surface area contributed by atoms with Gasteiger partial charge in [-0.3, -0.25) is 0 Å². The van der Waals surface area contributed by atoms with Crippen molar-refractivity contribution >= 4 is 44.3 Å². The van der Waals surface area contributed by atoms with E-state index in [0.29, 0.717) is 0 Å². The molecule has 0 aromatic heterocycles. The first-order chi connectivity index (χ1) is 14.7. The summed E-state index contributed by atoms with van der Waals surface area (Å²) in [7, 11) is 1.94. The molecule has 0 saturated heterocycles. The van der Waals surface area contributed by atoms with Gasteiger partial charge in [0.2, 0.25) is 0 Å². The van der Waals surface area contributed by atoms with E-state index in [1.807, 2.05) is 32.7 Å². The summed E-state index contributed by atoms with van der Waals surface area (Å²) in [5, 5.41) is 2.50. The van der Waals surface area contributed by atoms with Crippen molar-refractivity contribution in [2.24, 2.45) is 5.41 Å². The van der Waals surface area contributed by atoms with Crippen LogP contribution in [0, 0.1) is 5.41 Å². The molecule has 2 rings (SSSR count). The molecule has 0 heterocycles. The quantitative estimate of drug-likeness (QED) is 0.271. The van der Waals surface area contributed by atoms with Crippen LogP contribution in [0.5, 0.6) is 0 Å². The summed E-state index contributed by atoms with van der Waals surface area (Å²) in [6, 6.07) is 13.7. The molecule has 2 aromatic rings. The van der Waals surface area contributed by atoms with Crippen LogP contribution < -0.4 is 8.48 Å². The normalized spacial score (nSPS) is 12.4. The number of unbranched alkanes of at least 4 members (excludes halogenated alkanes) is 3. The first-order valence-electron chi connectivity index (χ1n) is 12.5. The van der Waals surface area contributed by atoms with Gasteiger partial charge in [0.1, 0.15) is 0 Å². The summed E-state index contributed by atoms with van der Waals surface area (Å²) in [6.45, 7) is 13.0. The molecule has 31 heavy (non-hydrogen) atoms. The molecule has 0 radical (unpaired) electrons. The SMILES string of the molecule is CCC[CH2][Sn]([CH2]CCC)([CH2]CCC)[c]1ccc2cccc(N(C)C(=O)C(C)(C)C)c2c1. The summed E-state index contributed by atoms with van der Waals surface area (Å²) in [4.78, 5) is 14.9. The van der Waals surface area contributed by atoms with Crippen molar-refractivity contribution in [1.29, 1.82) is 0 Å². The van der Waals surface area contributed by atoms with E-state index in [-0.39, 0.29) is 11.3 Å². The zero-order valence-corrected chi connectivity index (χ0v) is 24.0. The number of benzene rings is 2. The third-order valence-electron chi connectivity index (χ3n) is 6.81. The second-order valence-corrected chi connectivity index (χ2v) is 23.7. The first-order valence-corrected chi connectivity index (χ1v) is 20.0. The molecule has 0 atom stereocenters. The first kappa shape index (κ1) is 26.2. The fourth-order valence-electron chi connectivity index (χ4n) is 4.84. The number of fused-ring (bicyclic) bond motifs is 1. The van der Waals surface area contributed by atoms with Gasteiger partial charge in [-0.2, -0.15) is 0 Å². The Kier molecular flexibility index (Phi) is 9.92. The summed E-state index contributed by atoms with van der Waals surface area (Å²) >= 11 is -2.51. The molecule has 0 spiro atoms. The van der Waals surface area contributed by atoms with Crippen molar-refractivity contribution in [3.05, 3.63) is 36.4 Å². The van der Waals surface area contributed by atoms with Crippen LogP contribution in [-0.4, -0.2) is 31.3 Å². The van der Waals surface area contributed by atoms with Crippen molar-refractivity contribution in [3.63, 3.8) is 0 Å². The monoisotopic (exact) mass is 531 g/mol. The predicted octanol–water partition coefficient (Wildman–Crippen LogP) is 7.90. The van der Waals surface area contributed by atoms with E-state index in [0.717, 1.165) is 5.69 Å². The standard InChI is InChI=1S/C16H18NO.3C4H9.Sn/c1-16(2,3)15(18)17(4)14-11-7-9-12-8-5-6-10-13(12)14;3*1-3-4-2;/h5,7-11H,1-4H3;3*1,3-4H2,2H3;. The third-order valence-corrected chi connectivity index (χ3v) is 22.4. The molecule has 0 aliphatic carbocycles. The molecule has 0 aliphatic rings. The molecule has 1 amide bonds. The molecule has 2 aromatic carbocycles. The molecule has 3 heteroatoms. The number of hydrogen-bond acceptors (Lipinski definition) is 1. The molecular weight excluding hydrogens is 485 g/mol. The minimum atomic E-state index is -2.51. The van der Waals surface area contributed by atoms with Gasteiger partial charge in [0.25, 0.3) is 0 Å². The Morgan fingerprint density at radius 3 is 1.90 bits per heavy atom. The van der Waals surface area contributed by atoms with Crippen LogP contribution in [0.2, 0.25) is 13.3 Å². The molecule has 2 nitrogen and oxygen atoms in total. The number of hydrogen-bond donors (Lipinski definition) is 0. The second kappa shape index (κ2) is 11.7. The third kappa shape index (κ3) is 6.49. The van der Waals surface area contributed by atoms with Crippen molar-refractivity contribution in [1.82, 2.24) is 0 Å². The van der Waals surface area contributed by atoms with Gasteiger partial charge in [-0.25, -0.2) is 0 Å². The van der Waals surface area contributed by atoms with E-state index in [1.54, 1.807) is 3.58 Å². The Bertz CT molecular complexity index is 830. The van der Waals surface area contributed by atoms with E-state index in [4.69, 9.17) is 0 Å². The van der Waals surface area contributed by atoms with Gasteiger partial charge >= 0.3 is 196 Å². The van der Waals surface area contributed by atoms with Crippen molar-refractivity contribution in [2.45, 2.75) is 93.4 Å². The number of amides is 1. The fourth-order valence-corrected chi connectivity index (χ4v) is 20.8. The Morgan fingerprint density at radius 2 is 1.42 bits per heavy atom. The van der Waals surface area contributed by atoms with Crippen LogP contribution in [0.1, 0.15) is 80.1 Å². The zero-order valence-electron chi connectivity index (χ0n) is 21.2. The predicted molar refractivity (Wildman–Crippen MR) is 141 cm³/mol. The van der Waals surface area contributed by atoms with Crippen LogP contribution in [0.3, 0.4) is 0 Å². The molecule has 0 fully saturated rings. The fraction of sp³-hybridized carbons (Fsp3) is 0.607. The van der Waals surface area contributed by atoms with Crippen molar-refractivity contribution in [2.75, 3.05) is 11.9 Å². The Labute approximate surface area is 195 Å². The maximum absolute atomic E-state index is 13.1. The molecular formula is C28H45NOSn. The topological polar surface area (TPSA) is 20.3 Å². The van der Waals surface area contributed by atoms with E-state index in [2.05, 4.69) is 57.2 Å². The molecule has 0 N–H and O–H groups in total. The van der Waals surface area contributed by atoms with E-state index >= 15 is 0 Å². The van der Waals surface area contributed by atoms with Gasteiger partial charge in [-0.1, -0.05) is 0 Å². The van der Waals surface area contributed by atoms with Crippen LogP contribution in [0.15, 0.2) is 36.4 Å². The average molecular weight is 530 g/mol. The number of carbonyl (C=O) groups is 1. The number of carbonyl (C=O) groups excluding carboxylic acids is 1. The molecule has 0 bridgehead atoms. The van der Waals surface area contributed by atoms with Gasteiger partial charge in [0.05, 0.1) is 0 Å². The molecule has 172 valence electrons. The number of anilines is 1. The zero-order chi connectivity index (χ0) is 23.1. The summed E-state index contributed by atoms with van der Waals surface area (Å²) in [6.07, 6.45) is 7.97. The minimum absolute atomic E-state index is 0.170. The van der Waals surface area contributed by atoms with Crippen LogP contribution in [0.25, 0.3) is 10.8 Å². The molecule has 0 unspecified atom stereocenters. The van der Waals surface area contributed by atoms with E-state index in [9.17, 15) is 4.79 Å². The Hall–Kier alpha value is -1.03. The van der Waals surface area contributed by atoms with E-state index < -0.39 is 18.4 Å². The van der Waals surface area contributed by atoms with Gasteiger partial charge in [0, 0.05) is 0 Å². The molecule has 0 saturated carbocycles. The Balaban J connectivity index is 2.62. The van der Waals surface area contributed by atoms with Gasteiger partial charge in [-0.15, -0.1) is 0 Å². The number of nitrogens with zero attached hydrogens (tertiary/aromatic N) is 1. The maximum atomic E-state index is 13.1. The molecule has 0 aliphatic heterocycles. The van der Waals surface area contributed by atoms with Crippen LogP contribution in [0.4, 0.5) is 5.69 Å².